The van der Waals surface area contributed by atoms with E-state index in [0.29, 0.717) is 36.0 Å². The number of ether oxygens (including phenoxy) is 2. The Hall–Kier alpha value is -3.47. The molecular formula is C27H32F4N4O6S2. The van der Waals surface area contributed by atoms with Crippen molar-refractivity contribution >= 4 is 38.1 Å². The lowest BCUT2D eigenvalue weighted by Gasteiger charge is -2.28. The van der Waals surface area contributed by atoms with Crippen LogP contribution in [0.4, 0.5) is 28.4 Å². The fraction of sp³-hybridized carbons (Fsp3) is 0.407. The molecule has 1 aromatic heterocycles. The summed E-state index contributed by atoms with van der Waals surface area (Å²) in [4.78, 5) is 15.7. The smallest absolute Gasteiger partial charge is 0.490 e. The van der Waals surface area contributed by atoms with Gasteiger partial charge in [-0.15, -0.1) is 11.3 Å². The number of rotatable bonds is 10. The summed E-state index contributed by atoms with van der Waals surface area (Å²) in [5, 5.41) is 18.1. The minimum atomic E-state index is -5.08. The molecule has 10 nitrogen and oxygen atoms in total. The average Bonchev–Trinajstić information content (AvgIpc) is 3.38. The third kappa shape index (κ3) is 10.9. The van der Waals surface area contributed by atoms with Crippen LogP contribution in [0.15, 0.2) is 52.7 Å². The molecule has 2 heterocycles. The second-order valence-corrected chi connectivity index (χ2v) is 12.1. The van der Waals surface area contributed by atoms with E-state index in [2.05, 4.69) is 15.2 Å². The Bertz CT molecular complexity index is 1460. The van der Waals surface area contributed by atoms with Gasteiger partial charge in [0.1, 0.15) is 24.3 Å². The van der Waals surface area contributed by atoms with Crippen molar-refractivity contribution in [2.75, 3.05) is 31.6 Å². The molecule has 43 heavy (non-hydrogen) atoms. The monoisotopic (exact) mass is 648 g/mol. The normalized spacial score (nSPS) is 14.6. The van der Waals surface area contributed by atoms with Gasteiger partial charge in [0.25, 0.3) is 0 Å². The molecular weight excluding hydrogens is 616 g/mol. The molecule has 0 atom stereocenters. The van der Waals surface area contributed by atoms with Crippen LogP contribution in [0.5, 0.6) is 11.5 Å². The molecule has 236 valence electrons. The largest absolute Gasteiger partial charge is 0.492 e. The fourth-order valence-corrected chi connectivity index (χ4v) is 5.13. The molecule has 4 N–H and O–H groups in total. The van der Waals surface area contributed by atoms with Crippen LogP contribution >= 0.6 is 11.3 Å². The van der Waals surface area contributed by atoms with Gasteiger partial charge in [-0.05, 0) is 69.2 Å². The Morgan fingerprint density at radius 3 is 2.37 bits per heavy atom. The van der Waals surface area contributed by atoms with Crippen molar-refractivity contribution in [1.29, 1.82) is 0 Å². The van der Waals surface area contributed by atoms with Crippen LogP contribution < -0.4 is 19.9 Å². The summed E-state index contributed by atoms with van der Waals surface area (Å²) >= 11 is 1.39. The fourth-order valence-electron chi connectivity index (χ4n) is 3.86. The molecule has 4 rings (SSSR count). The quantitative estimate of drug-likeness (QED) is 0.245. The number of carboxylic acid groups (broad SMARTS) is 1. The topological polar surface area (TPSA) is 144 Å². The zero-order chi connectivity index (χ0) is 31.8. The van der Waals surface area contributed by atoms with Crippen molar-refractivity contribution in [2.45, 2.75) is 50.0 Å². The van der Waals surface area contributed by atoms with Gasteiger partial charge in [-0.25, -0.2) is 27.7 Å². The summed E-state index contributed by atoms with van der Waals surface area (Å²) < 4.78 is 80.3. The predicted molar refractivity (Wildman–Crippen MR) is 154 cm³/mol. The van der Waals surface area contributed by atoms with E-state index in [1.807, 2.05) is 43.5 Å². The van der Waals surface area contributed by atoms with Crippen LogP contribution in [-0.4, -0.2) is 74.1 Å². The lowest BCUT2D eigenvalue weighted by atomic mass is 10.1. The molecule has 1 fully saturated rings. The SMILES string of the molecule is CC(C)Oc1ccc(S(N)(=O)=O)cc1Nc1nc(-c2ccc(OCCN3CCC(F)CC3)cc2)cs1.O=C(O)C(F)(F)F. The number of carbonyl (C=O) groups is 1. The Labute approximate surface area is 250 Å². The number of hydrogen-bond acceptors (Lipinski definition) is 9. The van der Waals surface area contributed by atoms with Gasteiger partial charge in [-0.1, -0.05) is 0 Å². The maximum Gasteiger partial charge on any atom is 0.490 e. The third-order valence-electron chi connectivity index (χ3n) is 5.97. The van der Waals surface area contributed by atoms with Crippen molar-refractivity contribution in [1.82, 2.24) is 9.88 Å². The minimum Gasteiger partial charge on any atom is -0.492 e. The summed E-state index contributed by atoms with van der Waals surface area (Å²) in [5.41, 5.74) is 2.17. The van der Waals surface area contributed by atoms with Crippen LogP contribution in [0.2, 0.25) is 0 Å². The van der Waals surface area contributed by atoms with E-state index in [1.165, 1.54) is 23.5 Å². The molecule has 3 aromatic rings. The molecule has 0 aliphatic carbocycles. The number of alkyl halides is 4. The summed E-state index contributed by atoms with van der Waals surface area (Å²) in [6, 6.07) is 12.1. The maximum atomic E-state index is 13.3. The number of benzene rings is 2. The number of nitrogens with two attached hydrogens (primary N) is 1. The summed E-state index contributed by atoms with van der Waals surface area (Å²) in [6.07, 6.45) is -4.65. The van der Waals surface area contributed by atoms with E-state index in [9.17, 15) is 26.0 Å². The summed E-state index contributed by atoms with van der Waals surface area (Å²) in [6.45, 7) is 6.67. The average molecular weight is 649 g/mol. The van der Waals surface area contributed by atoms with E-state index in [-0.39, 0.29) is 11.0 Å². The summed E-state index contributed by atoms with van der Waals surface area (Å²) in [5.74, 6) is -1.49. The zero-order valence-electron chi connectivity index (χ0n) is 23.3. The number of aromatic nitrogens is 1. The molecule has 0 saturated carbocycles. The van der Waals surface area contributed by atoms with E-state index in [0.717, 1.165) is 36.6 Å². The van der Waals surface area contributed by atoms with Crippen LogP contribution in [0.25, 0.3) is 11.3 Å². The van der Waals surface area contributed by atoms with Crippen LogP contribution in [0, 0.1) is 0 Å². The highest BCUT2D eigenvalue weighted by Gasteiger charge is 2.38. The maximum absolute atomic E-state index is 13.3. The Balaban J connectivity index is 0.000000646. The molecule has 1 aliphatic heterocycles. The molecule has 0 amide bonds. The number of hydrogen-bond donors (Lipinski definition) is 3. The molecule has 2 aromatic carbocycles. The zero-order valence-corrected chi connectivity index (χ0v) is 24.9. The number of nitrogens with one attached hydrogen (secondary N) is 1. The summed E-state index contributed by atoms with van der Waals surface area (Å²) in [7, 11) is -3.86. The first-order chi connectivity index (χ1) is 20.1. The molecule has 16 heteroatoms. The Kier molecular flexibility index (Phi) is 11.7. The van der Waals surface area contributed by atoms with Gasteiger partial charge in [0.15, 0.2) is 5.13 Å². The number of anilines is 2. The predicted octanol–water partition coefficient (Wildman–Crippen LogP) is 5.43. The first kappa shape index (κ1) is 34.0. The number of halogens is 4. The Morgan fingerprint density at radius 2 is 1.81 bits per heavy atom. The number of sulfonamides is 1. The van der Waals surface area contributed by atoms with Gasteiger partial charge in [0, 0.05) is 30.6 Å². The van der Waals surface area contributed by atoms with E-state index < -0.39 is 28.3 Å². The van der Waals surface area contributed by atoms with Gasteiger partial charge in [0.2, 0.25) is 10.0 Å². The van der Waals surface area contributed by atoms with Gasteiger partial charge in [-0.3, -0.25) is 4.90 Å². The molecule has 0 spiro atoms. The standard InChI is InChI=1S/C25H31FN4O4S2.C2HF3O2/c1-17(2)34-24-8-7-21(36(27,31)32)15-22(24)28-25-29-23(16-35-25)18-3-5-20(6-4-18)33-14-13-30-11-9-19(26)10-12-30;3-2(4,5)1(6)7/h3-8,15-17,19H,9-14H2,1-2H3,(H,28,29)(H2,27,31,32);(H,6,7). The second kappa shape index (κ2) is 14.8. The van der Waals surface area contributed by atoms with Crippen molar-refractivity contribution in [3.8, 4) is 22.8 Å². The number of thiazole rings is 1. The molecule has 1 aliphatic rings. The highest BCUT2D eigenvalue weighted by atomic mass is 32.2. The van der Waals surface area contributed by atoms with Crippen LogP contribution in [0.1, 0.15) is 26.7 Å². The van der Waals surface area contributed by atoms with Crippen molar-refractivity contribution in [2.24, 2.45) is 5.14 Å². The number of nitrogens with zero attached hydrogens (tertiary/aromatic N) is 2. The number of primary sulfonamides is 1. The first-order valence-electron chi connectivity index (χ1n) is 13.1. The molecule has 0 bridgehead atoms. The van der Waals surface area contributed by atoms with Gasteiger partial charge < -0.3 is 19.9 Å². The van der Waals surface area contributed by atoms with Crippen molar-refractivity contribution in [3.63, 3.8) is 0 Å². The minimum absolute atomic E-state index is 0.0135. The van der Waals surface area contributed by atoms with Gasteiger partial charge in [0.05, 0.1) is 22.4 Å². The first-order valence-corrected chi connectivity index (χ1v) is 15.5. The van der Waals surface area contributed by atoms with Crippen LogP contribution in [-0.2, 0) is 14.8 Å². The second-order valence-electron chi connectivity index (χ2n) is 9.72. The van der Waals surface area contributed by atoms with Crippen molar-refractivity contribution in [3.05, 3.63) is 47.8 Å². The van der Waals surface area contributed by atoms with E-state index in [4.69, 9.17) is 24.5 Å². The Morgan fingerprint density at radius 1 is 1.19 bits per heavy atom. The number of carboxylic acids is 1. The molecule has 1 saturated heterocycles. The van der Waals surface area contributed by atoms with Gasteiger partial charge in [-0.2, -0.15) is 13.2 Å². The molecule has 0 unspecified atom stereocenters. The van der Waals surface area contributed by atoms with Gasteiger partial charge >= 0.3 is 12.1 Å². The van der Waals surface area contributed by atoms with E-state index >= 15 is 0 Å². The highest BCUT2D eigenvalue weighted by molar-refractivity contribution is 7.89. The highest BCUT2D eigenvalue weighted by Crippen LogP contribution is 2.34. The number of piperidine rings is 1. The number of likely N-dealkylation sites (tertiary alicyclic amines) is 1. The third-order valence-corrected chi connectivity index (χ3v) is 7.64. The lowest BCUT2D eigenvalue weighted by molar-refractivity contribution is -0.192. The molecule has 0 radical (unpaired) electrons. The van der Waals surface area contributed by atoms with Crippen molar-refractivity contribution < 1.29 is 45.4 Å². The lowest BCUT2D eigenvalue weighted by Crippen LogP contribution is -2.37. The van der Waals surface area contributed by atoms with E-state index in [1.54, 1.807) is 6.07 Å². The number of aliphatic carboxylic acids is 1. The van der Waals surface area contributed by atoms with Crippen LogP contribution in [0.3, 0.4) is 0 Å².